The Balaban J connectivity index is 1.30. The van der Waals surface area contributed by atoms with E-state index in [1.54, 1.807) is 6.08 Å². The van der Waals surface area contributed by atoms with E-state index in [4.69, 9.17) is 14.7 Å². The van der Waals surface area contributed by atoms with Crippen LogP contribution in [0.1, 0.15) is 30.5 Å². The van der Waals surface area contributed by atoms with Gasteiger partial charge in [0.1, 0.15) is 24.4 Å². The van der Waals surface area contributed by atoms with E-state index < -0.39 is 6.23 Å². The number of piperazine rings is 1. The van der Waals surface area contributed by atoms with Crippen LogP contribution in [0.5, 0.6) is 11.8 Å². The van der Waals surface area contributed by atoms with Crippen LogP contribution in [0.4, 0.5) is 11.5 Å². The lowest BCUT2D eigenvalue weighted by Crippen LogP contribution is -2.50. The molecule has 2 atom stereocenters. The zero-order valence-electron chi connectivity index (χ0n) is 23.4. The predicted molar refractivity (Wildman–Crippen MR) is 158 cm³/mol. The maximum atomic E-state index is 10.5. The third kappa shape index (κ3) is 5.46. The summed E-state index contributed by atoms with van der Waals surface area (Å²) in [6, 6.07) is 12.7. The molecule has 2 saturated heterocycles. The first kappa shape index (κ1) is 26.8. The molecule has 2 fully saturated rings. The van der Waals surface area contributed by atoms with Gasteiger partial charge in [-0.25, -0.2) is 0 Å². The number of likely N-dealkylation sites (N-methyl/N-ethyl adjacent to an activating group) is 1. The molecule has 0 saturated carbocycles. The molecular formula is C31H40N6O3. The summed E-state index contributed by atoms with van der Waals surface area (Å²) >= 11 is 0. The van der Waals surface area contributed by atoms with Gasteiger partial charge in [-0.05, 0) is 50.4 Å². The Labute approximate surface area is 236 Å². The fourth-order valence-electron chi connectivity index (χ4n) is 6.33. The van der Waals surface area contributed by atoms with Crippen LogP contribution in [-0.4, -0.2) is 95.2 Å². The van der Waals surface area contributed by atoms with Crippen molar-refractivity contribution in [1.29, 1.82) is 0 Å². The quantitative estimate of drug-likeness (QED) is 0.435. The van der Waals surface area contributed by atoms with Crippen LogP contribution in [0.2, 0.25) is 0 Å². The van der Waals surface area contributed by atoms with Crippen LogP contribution >= 0.6 is 0 Å². The molecule has 3 aromatic rings. The van der Waals surface area contributed by atoms with Gasteiger partial charge < -0.3 is 29.6 Å². The minimum Gasteiger partial charge on any atom is -0.508 e. The highest BCUT2D eigenvalue weighted by Crippen LogP contribution is 2.36. The van der Waals surface area contributed by atoms with Gasteiger partial charge in [-0.15, -0.1) is 0 Å². The average molecular weight is 545 g/mol. The number of aliphatic hydroxyl groups excluding tert-OH is 1. The molecule has 1 unspecified atom stereocenters. The third-order valence-corrected chi connectivity index (χ3v) is 8.71. The minimum atomic E-state index is -0.626. The molecule has 0 spiro atoms. The van der Waals surface area contributed by atoms with Crippen molar-refractivity contribution in [1.82, 2.24) is 19.8 Å². The lowest BCUT2D eigenvalue weighted by Gasteiger charge is -2.39. The summed E-state index contributed by atoms with van der Waals surface area (Å²) in [7, 11) is 2.17. The zero-order valence-corrected chi connectivity index (χ0v) is 23.4. The number of rotatable bonds is 7. The molecule has 0 aliphatic carbocycles. The van der Waals surface area contributed by atoms with E-state index in [2.05, 4.69) is 34.4 Å². The van der Waals surface area contributed by atoms with Crippen molar-refractivity contribution in [3.05, 3.63) is 60.3 Å². The van der Waals surface area contributed by atoms with Crippen molar-refractivity contribution in [2.24, 2.45) is 0 Å². The van der Waals surface area contributed by atoms with Crippen LogP contribution in [0.15, 0.2) is 49.1 Å². The number of fused-ring (bicyclic) bond motifs is 2. The number of anilines is 2. The summed E-state index contributed by atoms with van der Waals surface area (Å²) < 4.78 is 6.31. The molecule has 212 valence electrons. The van der Waals surface area contributed by atoms with Gasteiger partial charge in [0.25, 0.3) is 0 Å². The fourth-order valence-corrected chi connectivity index (χ4v) is 6.33. The van der Waals surface area contributed by atoms with Gasteiger partial charge in [-0.1, -0.05) is 37.3 Å². The monoisotopic (exact) mass is 544 g/mol. The molecule has 9 nitrogen and oxygen atoms in total. The van der Waals surface area contributed by atoms with E-state index in [0.29, 0.717) is 25.2 Å². The van der Waals surface area contributed by atoms with E-state index in [0.717, 1.165) is 80.1 Å². The Hall–Kier alpha value is -3.40. The summed E-state index contributed by atoms with van der Waals surface area (Å²) in [5, 5.41) is 22.9. The number of benzene rings is 2. The molecule has 2 N–H and O–H groups in total. The van der Waals surface area contributed by atoms with Gasteiger partial charge >= 0.3 is 6.01 Å². The number of hydrogen-bond acceptors (Lipinski definition) is 9. The highest BCUT2D eigenvalue weighted by Gasteiger charge is 2.30. The Morgan fingerprint density at radius 1 is 1.05 bits per heavy atom. The first-order valence-electron chi connectivity index (χ1n) is 14.5. The van der Waals surface area contributed by atoms with Crippen molar-refractivity contribution in [2.45, 2.75) is 44.5 Å². The average Bonchev–Trinajstić information content (AvgIpc) is 2.99. The Bertz CT molecular complexity index is 1360. The number of phenolic OH excluding ortho intramolecular Hbond substituents is 1. The van der Waals surface area contributed by atoms with Crippen LogP contribution < -0.4 is 14.5 Å². The molecule has 40 heavy (non-hydrogen) atoms. The Morgan fingerprint density at radius 3 is 2.67 bits per heavy atom. The molecule has 2 aromatic carbocycles. The molecule has 9 heteroatoms. The smallest absolute Gasteiger partial charge is 0.318 e. The van der Waals surface area contributed by atoms with E-state index in [1.807, 2.05) is 35.2 Å². The van der Waals surface area contributed by atoms with E-state index in [-0.39, 0.29) is 5.75 Å². The standard InChI is InChI=1S/C31H40N6O3/c1-3-29(39)35-14-16-36(17-15-35)30-26-11-13-37(28-19-24(38)18-22-8-4-5-10-25(22)28)20-27(26)32-31(33-30)40-21-23-9-6-7-12-34(23)2/h3-5,8,10,18-19,23,29,38-39H,1,6-7,9,11-17,20-21H2,2H3/t23-,29?/m1/s1. The summed E-state index contributed by atoms with van der Waals surface area (Å²) in [4.78, 5) is 19.0. The molecule has 0 amide bonds. The zero-order chi connectivity index (χ0) is 27.6. The maximum absolute atomic E-state index is 10.5. The van der Waals surface area contributed by atoms with Gasteiger partial charge in [0, 0.05) is 61.5 Å². The number of ether oxygens (including phenoxy) is 1. The first-order chi connectivity index (χ1) is 19.5. The molecule has 3 aliphatic rings. The van der Waals surface area contributed by atoms with Crippen molar-refractivity contribution >= 4 is 22.3 Å². The predicted octanol–water partition coefficient (Wildman–Crippen LogP) is 3.39. The number of likely N-dealkylation sites (tertiary alicyclic amines) is 1. The van der Waals surface area contributed by atoms with Crippen LogP contribution in [0, 0.1) is 0 Å². The number of phenols is 1. The van der Waals surface area contributed by atoms with Crippen LogP contribution in [-0.2, 0) is 13.0 Å². The number of hydrogen-bond donors (Lipinski definition) is 2. The number of aromatic hydroxyl groups is 1. The molecule has 6 rings (SSSR count). The number of piperidine rings is 1. The second-order valence-electron chi connectivity index (χ2n) is 11.2. The topological polar surface area (TPSA) is 88.4 Å². The molecule has 0 radical (unpaired) electrons. The van der Waals surface area contributed by atoms with Crippen LogP contribution in [0.25, 0.3) is 10.8 Å². The second-order valence-corrected chi connectivity index (χ2v) is 11.2. The Kier molecular flexibility index (Phi) is 7.78. The largest absolute Gasteiger partial charge is 0.508 e. The highest BCUT2D eigenvalue weighted by atomic mass is 16.5. The third-order valence-electron chi connectivity index (χ3n) is 8.71. The molecule has 0 bridgehead atoms. The van der Waals surface area contributed by atoms with Crippen molar-refractivity contribution in [2.75, 3.05) is 62.7 Å². The lowest BCUT2D eigenvalue weighted by atomic mass is 10.0. The molecule has 4 heterocycles. The SMILES string of the molecule is C=CC(O)N1CCN(c2nc(OC[C@H]3CCCCN3C)nc3c2CCN(c2cc(O)cc4ccccc24)C3)CC1. The summed E-state index contributed by atoms with van der Waals surface area (Å²) in [5.41, 5.74) is 3.16. The highest BCUT2D eigenvalue weighted by molar-refractivity contribution is 5.95. The van der Waals surface area contributed by atoms with Crippen molar-refractivity contribution in [3.8, 4) is 11.8 Å². The molecule has 3 aliphatic heterocycles. The lowest BCUT2D eigenvalue weighted by molar-refractivity contribution is 0.0379. The van der Waals surface area contributed by atoms with Gasteiger partial charge in [0.15, 0.2) is 0 Å². The molecular weight excluding hydrogens is 504 g/mol. The van der Waals surface area contributed by atoms with Crippen LogP contribution in [0.3, 0.4) is 0 Å². The van der Waals surface area contributed by atoms with E-state index in [1.165, 1.54) is 18.4 Å². The number of aromatic nitrogens is 2. The summed E-state index contributed by atoms with van der Waals surface area (Å²) in [6.07, 6.45) is 5.34. The number of aliphatic hydroxyl groups is 1. The van der Waals surface area contributed by atoms with Crippen molar-refractivity contribution in [3.63, 3.8) is 0 Å². The van der Waals surface area contributed by atoms with E-state index >= 15 is 0 Å². The maximum Gasteiger partial charge on any atom is 0.318 e. The first-order valence-corrected chi connectivity index (χ1v) is 14.5. The van der Waals surface area contributed by atoms with Gasteiger partial charge in [0.05, 0.1) is 12.2 Å². The fraction of sp³-hybridized carbons (Fsp3) is 0.484. The normalized spacial score (nSPS) is 21.3. The van der Waals surface area contributed by atoms with Crippen molar-refractivity contribution < 1.29 is 14.9 Å². The van der Waals surface area contributed by atoms with Gasteiger partial charge in [-0.3, -0.25) is 4.90 Å². The van der Waals surface area contributed by atoms with E-state index in [9.17, 15) is 10.2 Å². The second kappa shape index (κ2) is 11.6. The van der Waals surface area contributed by atoms with Gasteiger partial charge in [-0.2, -0.15) is 9.97 Å². The molecule has 1 aromatic heterocycles. The minimum absolute atomic E-state index is 0.267. The number of nitrogens with zero attached hydrogens (tertiary/aromatic N) is 6. The van der Waals surface area contributed by atoms with Gasteiger partial charge in [0.2, 0.25) is 0 Å². The summed E-state index contributed by atoms with van der Waals surface area (Å²) in [5.74, 6) is 1.22. The summed E-state index contributed by atoms with van der Waals surface area (Å²) in [6.45, 7) is 9.83. The Morgan fingerprint density at radius 2 is 1.88 bits per heavy atom.